The van der Waals surface area contributed by atoms with Crippen LogP contribution in [0, 0.1) is 0 Å². The zero-order chi connectivity index (χ0) is 18.6. The van der Waals surface area contributed by atoms with Crippen LogP contribution in [0.2, 0.25) is 0 Å². The number of carbonyl (C=O) groups excluding carboxylic acids is 2. The van der Waals surface area contributed by atoms with Crippen molar-refractivity contribution in [3.05, 3.63) is 0 Å². The smallest absolute Gasteiger partial charge is 0.220 e. The molecule has 0 saturated carbocycles. The van der Waals surface area contributed by atoms with Crippen LogP contribution in [0.3, 0.4) is 0 Å². The first kappa shape index (κ1) is 23.0. The van der Waals surface area contributed by atoms with E-state index in [9.17, 15) is 9.59 Å². The molecule has 6 nitrogen and oxygen atoms in total. The average molecular weight is 344 g/mol. The Hall–Kier alpha value is -0.980. The van der Waals surface area contributed by atoms with E-state index >= 15 is 0 Å². The van der Waals surface area contributed by atoms with E-state index in [-0.39, 0.29) is 22.9 Å². The van der Waals surface area contributed by atoms with Gasteiger partial charge >= 0.3 is 0 Å². The number of ketones is 1. The van der Waals surface area contributed by atoms with Crippen LogP contribution in [0.15, 0.2) is 0 Å². The molecule has 0 heterocycles. The van der Waals surface area contributed by atoms with Gasteiger partial charge in [-0.15, -0.1) is 0 Å². The molecule has 0 aliphatic heterocycles. The molecule has 0 saturated heterocycles. The summed E-state index contributed by atoms with van der Waals surface area (Å²) < 4.78 is 11.7. The Balaban J connectivity index is 3.80. The highest BCUT2D eigenvalue weighted by Gasteiger charge is 2.22. The van der Waals surface area contributed by atoms with E-state index < -0.39 is 0 Å². The van der Waals surface area contributed by atoms with E-state index in [0.717, 1.165) is 12.8 Å². The summed E-state index contributed by atoms with van der Waals surface area (Å²) in [5.41, 5.74) is 5.05. The van der Waals surface area contributed by atoms with Crippen molar-refractivity contribution in [2.75, 3.05) is 26.3 Å². The number of rotatable bonds is 14. The average Bonchev–Trinajstić information content (AvgIpc) is 2.42. The Morgan fingerprint density at radius 1 is 0.958 bits per heavy atom. The molecule has 0 spiro atoms. The second kappa shape index (κ2) is 11.6. The van der Waals surface area contributed by atoms with E-state index in [0.29, 0.717) is 45.6 Å². The van der Waals surface area contributed by atoms with Gasteiger partial charge in [0.25, 0.3) is 0 Å². The highest BCUT2D eigenvalue weighted by molar-refractivity contribution is 5.78. The molecule has 0 bridgehead atoms. The maximum absolute atomic E-state index is 11.6. The summed E-state index contributed by atoms with van der Waals surface area (Å²) in [5, 5.41) is 2.81. The first-order valence-electron chi connectivity index (χ1n) is 8.82. The molecule has 6 heteroatoms. The number of amides is 1. The molecule has 0 rings (SSSR count). The molecule has 1 amide bonds. The second-order valence-corrected chi connectivity index (χ2v) is 7.41. The minimum atomic E-state index is -0.307. The minimum absolute atomic E-state index is 0.0375. The molecule has 0 aliphatic carbocycles. The summed E-state index contributed by atoms with van der Waals surface area (Å²) in [4.78, 5) is 22.4. The number of nitrogens with two attached hydrogens (primary N) is 1. The summed E-state index contributed by atoms with van der Waals surface area (Å²) in [6.07, 6.45) is 3.03. The van der Waals surface area contributed by atoms with Gasteiger partial charge in [-0.05, 0) is 60.4 Å². The van der Waals surface area contributed by atoms with Gasteiger partial charge in [0.1, 0.15) is 5.78 Å². The van der Waals surface area contributed by atoms with E-state index in [1.54, 1.807) is 0 Å². The Kier molecular flexibility index (Phi) is 11.1. The van der Waals surface area contributed by atoms with Gasteiger partial charge in [-0.2, -0.15) is 0 Å². The Morgan fingerprint density at radius 2 is 1.54 bits per heavy atom. The van der Waals surface area contributed by atoms with Gasteiger partial charge in [-0.1, -0.05) is 0 Å². The van der Waals surface area contributed by atoms with E-state index in [1.807, 2.05) is 27.7 Å². The standard InChI is InChI=1S/C18H36N2O4/c1-15(21)7-6-8-16(22)20-12-14-24-18(4,5)10-13-23-17(2,3)9-11-19/h6-14,19H2,1-5H3,(H,20,22). The SMILES string of the molecule is CC(=O)CCCC(=O)NCCOC(C)(C)CCOC(C)(C)CCN. The Morgan fingerprint density at radius 3 is 2.12 bits per heavy atom. The third kappa shape index (κ3) is 13.5. The molecule has 0 aromatic heterocycles. The van der Waals surface area contributed by atoms with Crippen LogP contribution in [0.5, 0.6) is 0 Å². The van der Waals surface area contributed by atoms with Gasteiger partial charge in [-0.25, -0.2) is 0 Å². The van der Waals surface area contributed by atoms with E-state index in [1.165, 1.54) is 6.92 Å². The van der Waals surface area contributed by atoms with Crippen molar-refractivity contribution in [1.82, 2.24) is 5.32 Å². The zero-order valence-electron chi connectivity index (χ0n) is 16.1. The first-order valence-corrected chi connectivity index (χ1v) is 8.82. The highest BCUT2D eigenvalue weighted by atomic mass is 16.5. The van der Waals surface area contributed by atoms with Crippen molar-refractivity contribution >= 4 is 11.7 Å². The van der Waals surface area contributed by atoms with Gasteiger partial charge in [-0.3, -0.25) is 4.79 Å². The normalized spacial score (nSPS) is 12.2. The molecule has 3 N–H and O–H groups in total. The molecule has 0 atom stereocenters. The summed E-state index contributed by atoms with van der Waals surface area (Å²) in [7, 11) is 0. The van der Waals surface area contributed by atoms with Gasteiger partial charge < -0.3 is 25.3 Å². The maximum atomic E-state index is 11.6. The monoisotopic (exact) mass is 344 g/mol. The molecular weight excluding hydrogens is 308 g/mol. The van der Waals surface area contributed by atoms with Gasteiger partial charge in [0, 0.05) is 19.4 Å². The van der Waals surface area contributed by atoms with Crippen molar-refractivity contribution < 1.29 is 19.1 Å². The predicted molar refractivity (Wildman–Crippen MR) is 95.9 cm³/mol. The molecule has 0 fully saturated rings. The van der Waals surface area contributed by atoms with Crippen LogP contribution >= 0.6 is 0 Å². The molecule has 142 valence electrons. The van der Waals surface area contributed by atoms with Gasteiger partial charge in [0.15, 0.2) is 0 Å². The topological polar surface area (TPSA) is 90.7 Å². The molecule has 0 aromatic rings. The molecular formula is C18H36N2O4. The quantitative estimate of drug-likeness (QED) is 0.471. The third-order valence-corrected chi connectivity index (χ3v) is 3.79. The summed E-state index contributed by atoms with van der Waals surface area (Å²) in [5.74, 6) is 0.0780. The van der Waals surface area contributed by atoms with Crippen LogP contribution in [0.1, 0.15) is 66.7 Å². The molecule has 24 heavy (non-hydrogen) atoms. The molecule has 0 aliphatic rings. The van der Waals surface area contributed by atoms with E-state index in [4.69, 9.17) is 15.2 Å². The Labute approximate surface area is 146 Å². The van der Waals surface area contributed by atoms with E-state index in [2.05, 4.69) is 5.32 Å². The van der Waals surface area contributed by atoms with Crippen LogP contribution < -0.4 is 11.1 Å². The van der Waals surface area contributed by atoms with Gasteiger partial charge in [0.2, 0.25) is 5.91 Å². The van der Waals surface area contributed by atoms with Crippen molar-refractivity contribution in [3.63, 3.8) is 0 Å². The Bertz CT molecular complexity index is 381. The number of carbonyl (C=O) groups is 2. The van der Waals surface area contributed by atoms with Crippen molar-refractivity contribution in [2.24, 2.45) is 5.73 Å². The lowest BCUT2D eigenvalue weighted by Gasteiger charge is -2.29. The summed E-state index contributed by atoms with van der Waals surface area (Å²) in [6.45, 7) is 11.8. The van der Waals surface area contributed by atoms with Crippen LogP contribution in [-0.4, -0.2) is 49.2 Å². The maximum Gasteiger partial charge on any atom is 0.220 e. The van der Waals surface area contributed by atoms with Crippen LogP contribution in [0.25, 0.3) is 0 Å². The zero-order valence-corrected chi connectivity index (χ0v) is 16.1. The molecule has 0 radical (unpaired) electrons. The fourth-order valence-corrected chi connectivity index (χ4v) is 2.17. The van der Waals surface area contributed by atoms with Crippen molar-refractivity contribution in [2.45, 2.75) is 77.9 Å². The number of hydrogen-bond acceptors (Lipinski definition) is 5. The van der Waals surface area contributed by atoms with Crippen molar-refractivity contribution in [3.8, 4) is 0 Å². The summed E-state index contributed by atoms with van der Waals surface area (Å²) >= 11 is 0. The number of Topliss-reactive ketones (excluding diaryl/α,β-unsaturated/α-hetero) is 1. The largest absolute Gasteiger partial charge is 0.375 e. The predicted octanol–water partition coefficient (Wildman–Crippen LogP) is 2.19. The lowest BCUT2D eigenvalue weighted by molar-refractivity contribution is -0.122. The van der Waals surface area contributed by atoms with Gasteiger partial charge in [0.05, 0.1) is 24.4 Å². The van der Waals surface area contributed by atoms with Crippen molar-refractivity contribution in [1.29, 1.82) is 0 Å². The number of hydrogen-bond donors (Lipinski definition) is 2. The fraction of sp³-hybridized carbons (Fsp3) is 0.889. The lowest BCUT2D eigenvalue weighted by atomic mass is 10.0. The molecule has 0 unspecified atom stereocenters. The highest BCUT2D eigenvalue weighted by Crippen LogP contribution is 2.18. The van der Waals surface area contributed by atoms with Crippen LogP contribution in [0.4, 0.5) is 0 Å². The number of nitrogens with one attached hydrogen (secondary N) is 1. The first-order chi connectivity index (χ1) is 11.1. The number of ether oxygens (including phenoxy) is 2. The third-order valence-electron chi connectivity index (χ3n) is 3.79. The minimum Gasteiger partial charge on any atom is -0.375 e. The van der Waals surface area contributed by atoms with Crippen LogP contribution in [-0.2, 0) is 19.1 Å². The lowest BCUT2D eigenvalue weighted by Crippen LogP contribution is -2.34. The second-order valence-electron chi connectivity index (χ2n) is 7.41. The fourth-order valence-electron chi connectivity index (χ4n) is 2.17. The molecule has 0 aromatic carbocycles. The summed E-state index contributed by atoms with van der Waals surface area (Å²) in [6, 6.07) is 0.